The summed E-state index contributed by atoms with van der Waals surface area (Å²) >= 11 is 0. The van der Waals surface area contributed by atoms with Crippen molar-refractivity contribution in [1.29, 1.82) is 0 Å². The van der Waals surface area contributed by atoms with Gasteiger partial charge in [-0.15, -0.1) is 0 Å². The van der Waals surface area contributed by atoms with E-state index >= 15 is 0 Å². The molecule has 11 heteroatoms. The third-order valence-electron chi connectivity index (χ3n) is 5.22. The first-order valence-electron chi connectivity index (χ1n) is 10.4. The molecular weight excluding hydrogens is 445 g/mol. The van der Waals surface area contributed by atoms with Crippen LogP contribution in [0.4, 0.5) is 30.6 Å². The molecule has 0 amide bonds. The summed E-state index contributed by atoms with van der Waals surface area (Å²) in [5.41, 5.74) is 3.59. The quantitative estimate of drug-likeness (QED) is 0.299. The van der Waals surface area contributed by atoms with Crippen LogP contribution in [0.1, 0.15) is 24.1 Å². The van der Waals surface area contributed by atoms with Gasteiger partial charge in [0.1, 0.15) is 11.4 Å². The van der Waals surface area contributed by atoms with Crippen LogP contribution in [0.3, 0.4) is 0 Å². The number of halogens is 3. The predicted octanol–water partition coefficient (Wildman–Crippen LogP) is 5.53. The maximum Gasteiger partial charge on any atom is 0.421 e. The summed E-state index contributed by atoms with van der Waals surface area (Å²) < 4.78 is 41.0. The van der Waals surface area contributed by atoms with Gasteiger partial charge in [-0.2, -0.15) is 28.4 Å². The van der Waals surface area contributed by atoms with Gasteiger partial charge >= 0.3 is 6.18 Å². The highest BCUT2D eigenvalue weighted by atomic mass is 19.4. The molecule has 0 saturated heterocycles. The van der Waals surface area contributed by atoms with Crippen molar-refractivity contribution in [2.24, 2.45) is 0 Å². The average Bonchev–Trinajstić information content (AvgIpc) is 3.54. The van der Waals surface area contributed by atoms with Crippen molar-refractivity contribution in [3.05, 3.63) is 84.1 Å². The smallest absolute Gasteiger partial charge is 0.340 e. The number of hydrogen-bond donors (Lipinski definition) is 4. The van der Waals surface area contributed by atoms with Gasteiger partial charge in [0.15, 0.2) is 0 Å². The van der Waals surface area contributed by atoms with Crippen LogP contribution in [0.15, 0.2) is 72.8 Å². The molecule has 4 aromatic rings. The molecule has 0 bridgehead atoms. The van der Waals surface area contributed by atoms with Crippen molar-refractivity contribution < 1.29 is 13.2 Å². The van der Waals surface area contributed by atoms with Gasteiger partial charge in [0.2, 0.25) is 5.95 Å². The Hall–Kier alpha value is -4.41. The molecule has 0 spiro atoms. The zero-order chi connectivity index (χ0) is 23.5. The fourth-order valence-corrected chi connectivity index (χ4v) is 3.61. The highest BCUT2D eigenvalue weighted by molar-refractivity contribution is 5.74. The van der Waals surface area contributed by atoms with E-state index < -0.39 is 11.7 Å². The Balaban J connectivity index is 1.43. The third kappa shape index (κ3) is 4.68. The molecule has 8 nitrogen and oxygen atoms in total. The van der Waals surface area contributed by atoms with Crippen LogP contribution in [0, 0.1) is 0 Å². The lowest BCUT2D eigenvalue weighted by Crippen LogP contribution is -2.14. The summed E-state index contributed by atoms with van der Waals surface area (Å²) in [5, 5.41) is 19.5. The van der Waals surface area contributed by atoms with Gasteiger partial charge in [0.25, 0.3) is 0 Å². The first-order valence-corrected chi connectivity index (χ1v) is 10.4. The van der Waals surface area contributed by atoms with Crippen LogP contribution in [0.5, 0.6) is 0 Å². The molecule has 4 N–H and O–H groups in total. The van der Waals surface area contributed by atoms with Crippen molar-refractivity contribution in [3.8, 4) is 11.3 Å². The van der Waals surface area contributed by atoms with E-state index in [1.165, 1.54) is 0 Å². The normalized spacial score (nSPS) is 13.9. The standard InChI is InChI=1S/C23H19F3N8/c24-23(25,26)18-13-27-22(31-17-6-2-4-15(12-17)20-8-10-29-34-20)32-21(18)30-16-5-1-3-14(11-16)19-7-9-28-33-19/h1,3-5,7-13H,2,6H2,(H,28,33)(H,29,34)(H2,27,30,31,32). The van der Waals surface area contributed by atoms with Crippen LogP contribution in [-0.2, 0) is 6.18 Å². The minimum absolute atomic E-state index is 0.0670. The Morgan fingerprint density at radius 2 is 1.74 bits per heavy atom. The molecule has 0 saturated carbocycles. The number of hydrogen-bond acceptors (Lipinski definition) is 6. The number of allylic oxidation sites excluding steroid dienone is 4. The van der Waals surface area contributed by atoms with E-state index in [0.717, 1.165) is 40.8 Å². The fourth-order valence-electron chi connectivity index (χ4n) is 3.61. The van der Waals surface area contributed by atoms with Crippen molar-refractivity contribution in [3.63, 3.8) is 0 Å². The Kier molecular flexibility index (Phi) is 5.58. The molecule has 0 atom stereocenters. The summed E-state index contributed by atoms with van der Waals surface area (Å²) in [6, 6.07) is 10.6. The lowest BCUT2D eigenvalue weighted by atomic mass is 10.0. The third-order valence-corrected chi connectivity index (χ3v) is 5.22. The van der Waals surface area contributed by atoms with E-state index in [9.17, 15) is 13.2 Å². The minimum atomic E-state index is -4.62. The van der Waals surface area contributed by atoms with Gasteiger partial charge in [0.05, 0.1) is 11.4 Å². The summed E-state index contributed by atoms with van der Waals surface area (Å²) in [6.07, 6.45) is 4.83. The number of benzene rings is 1. The Bertz CT molecular complexity index is 1340. The monoisotopic (exact) mass is 464 g/mol. The zero-order valence-corrected chi connectivity index (χ0v) is 17.7. The maximum atomic E-state index is 13.7. The van der Waals surface area contributed by atoms with Gasteiger partial charge in [-0.05, 0) is 48.8 Å². The van der Waals surface area contributed by atoms with Crippen molar-refractivity contribution in [1.82, 2.24) is 30.4 Å². The maximum absolute atomic E-state index is 13.7. The van der Waals surface area contributed by atoms with E-state index in [1.807, 2.05) is 18.2 Å². The number of H-pyrrole nitrogens is 2. The molecule has 0 radical (unpaired) electrons. The molecular formula is C23H19F3N8. The molecule has 5 rings (SSSR count). The molecule has 34 heavy (non-hydrogen) atoms. The van der Waals surface area contributed by atoms with Crippen LogP contribution < -0.4 is 10.6 Å². The number of nitrogens with zero attached hydrogens (tertiary/aromatic N) is 4. The van der Waals surface area contributed by atoms with Gasteiger partial charge in [-0.1, -0.05) is 18.2 Å². The second kappa shape index (κ2) is 8.85. The largest absolute Gasteiger partial charge is 0.421 e. The van der Waals surface area contributed by atoms with Crippen molar-refractivity contribution in [2.75, 3.05) is 10.6 Å². The van der Waals surface area contributed by atoms with Crippen molar-refractivity contribution >= 4 is 23.0 Å². The number of rotatable bonds is 6. The number of aromatic amines is 2. The number of aromatic nitrogens is 6. The highest BCUT2D eigenvalue weighted by Crippen LogP contribution is 2.36. The molecule has 1 aliphatic carbocycles. The van der Waals surface area contributed by atoms with Crippen LogP contribution in [0.25, 0.3) is 16.8 Å². The van der Waals surface area contributed by atoms with Crippen LogP contribution in [0.2, 0.25) is 0 Å². The second-order valence-electron chi connectivity index (χ2n) is 7.59. The van der Waals surface area contributed by atoms with Crippen molar-refractivity contribution in [2.45, 2.75) is 19.0 Å². The van der Waals surface area contributed by atoms with Crippen LogP contribution >= 0.6 is 0 Å². The summed E-state index contributed by atoms with van der Waals surface area (Å²) in [7, 11) is 0. The van der Waals surface area contributed by atoms with E-state index in [4.69, 9.17) is 0 Å². The lowest BCUT2D eigenvalue weighted by Gasteiger charge is -2.17. The van der Waals surface area contributed by atoms with Crippen LogP contribution in [-0.4, -0.2) is 30.4 Å². The number of anilines is 3. The zero-order valence-electron chi connectivity index (χ0n) is 17.7. The molecule has 1 aliphatic rings. The van der Waals surface area contributed by atoms with Gasteiger partial charge in [-0.25, -0.2) is 4.98 Å². The first kappa shape index (κ1) is 21.4. The average molecular weight is 464 g/mol. The van der Waals surface area contributed by atoms with E-state index in [2.05, 4.69) is 47.1 Å². The molecule has 3 heterocycles. The fraction of sp³-hybridized carbons (Fsp3) is 0.130. The predicted molar refractivity (Wildman–Crippen MR) is 122 cm³/mol. The SMILES string of the molecule is FC(F)(F)c1cnc(NC2=CC(c3ccn[nH]3)=CCC2)nc1Nc1cccc(-c2ccn[nH]2)c1. The summed E-state index contributed by atoms with van der Waals surface area (Å²) in [6.45, 7) is 0. The minimum Gasteiger partial charge on any atom is -0.340 e. The van der Waals surface area contributed by atoms with E-state index in [-0.39, 0.29) is 11.8 Å². The summed E-state index contributed by atoms with van der Waals surface area (Å²) in [5.74, 6) is -0.273. The second-order valence-corrected chi connectivity index (χ2v) is 7.59. The molecule has 172 valence electrons. The van der Waals surface area contributed by atoms with Gasteiger partial charge < -0.3 is 10.6 Å². The topological polar surface area (TPSA) is 107 Å². The first-order chi connectivity index (χ1) is 16.5. The molecule has 0 unspecified atom stereocenters. The molecule has 0 aliphatic heterocycles. The molecule has 3 aromatic heterocycles. The Morgan fingerprint density at radius 1 is 0.941 bits per heavy atom. The molecule has 0 fully saturated rings. The number of alkyl halides is 3. The van der Waals surface area contributed by atoms with E-state index in [1.54, 1.807) is 36.7 Å². The summed E-state index contributed by atoms with van der Waals surface area (Å²) in [4.78, 5) is 8.07. The van der Waals surface area contributed by atoms with Gasteiger partial charge in [-0.3, -0.25) is 10.2 Å². The molecule has 1 aromatic carbocycles. The Labute approximate surface area is 192 Å². The van der Waals surface area contributed by atoms with E-state index in [0.29, 0.717) is 12.1 Å². The lowest BCUT2D eigenvalue weighted by molar-refractivity contribution is -0.137. The van der Waals surface area contributed by atoms with Gasteiger partial charge in [0, 0.05) is 35.5 Å². The highest BCUT2D eigenvalue weighted by Gasteiger charge is 2.35. The number of nitrogens with one attached hydrogen (secondary N) is 4. The Morgan fingerprint density at radius 3 is 2.47 bits per heavy atom.